The normalized spacial score (nSPS) is 15.8. The smallest absolute Gasteiger partial charge is 0.318 e. The number of methoxy groups -OCH3 is 1. The van der Waals surface area contributed by atoms with E-state index in [2.05, 4.69) is 28.0 Å². The van der Waals surface area contributed by atoms with Gasteiger partial charge in [0.2, 0.25) is 0 Å². The average Bonchev–Trinajstić information content (AvgIpc) is 2.39. The van der Waals surface area contributed by atoms with E-state index in [9.17, 15) is 0 Å². The zero-order valence-electron chi connectivity index (χ0n) is 9.64. The van der Waals surface area contributed by atoms with Gasteiger partial charge >= 0.3 is 6.02 Å². The Balaban J connectivity index is 2.19. The van der Waals surface area contributed by atoms with Crippen LogP contribution in [0.25, 0.3) is 0 Å². The lowest BCUT2D eigenvalue weighted by atomic mass is 10.2. The number of halogens is 1. The van der Waals surface area contributed by atoms with Crippen molar-refractivity contribution in [2.75, 3.05) is 25.2 Å². The van der Waals surface area contributed by atoms with Crippen LogP contribution in [0.3, 0.4) is 0 Å². The maximum Gasteiger partial charge on any atom is 0.318 e. The van der Waals surface area contributed by atoms with Gasteiger partial charge < -0.3 is 10.5 Å². The third kappa shape index (κ3) is 2.81. The Kier molecular flexibility index (Phi) is 4.06. The van der Waals surface area contributed by atoms with Crippen molar-refractivity contribution < 1.29 is 4.74 Å². The molecule has 0 spiro atoms. The number of amidine groups is 1. The highest BCUT2D eigenvalue weighted by Gasteiger charge is 2.19. The fourth-order valence-corrected chi connectivity index (χ4v) is 2.12. The van der Waals surface area contributed by atoms with Crippen LogP contribution in [0.1, 0.15) is 5.56 Å². The number of ether oxygens (including phenoxy) is 1. The number of rotatable bonds is 2. The molecule has 0 saturated heterocycles. The summed E-state index contributed by atoms with van der Waals surface area (Å²) in [5, 5.41) is 6.36. The van der Waals surface area contributed by atoms with E-state index < -0.39 is 0 Å². The first-order chi connectivity index (χ1) is 8.24. The van der Waals surface area contributed by atoms with Crippen LogP contribution in [0, 0.1) is 0 Å². The lowest BCUT2D eigenvalue weighted by molar-refractivity contribution is 0.344. The second kappa shape index (κ2) is 5.54. The Morgan fingerprint density at radius 3 is 2.65 bits per heavy atom. The van der Waals surface area contributed by atoms with E-state index in [4.69, 9.17) is 10.5 Å². The minimum atomic E-state index is 0.564. The van der Waals surface area contributed by atoms with Gasteiger partial charge in [-0.25, -0.2) is 0 Å². The summed E-state index contributed by atoms with van der Waals surface area (Å²) in [6.45, 7) is 2.29. The van der Waals surface area contributed by atoms with Gasteiger partial charge in [-0.05, 0) is 17.7 Å². The van der Waals surface area contributed by atoms with Crippen LogP contribution < -0.4 is 10.7 Å². The molecule has 0 aromatic heterocycles. The number of benzene rings is 1. The third-order valence-electron chi connectivity index (χ3n) is 2.57. The molecule has 6 heteroatoms. The van der Waals surface area contributed by atoms with Gasteiger partial charge in [0, 0.05) is 6.54 Å². The maximum atomic E-state index is 5.57. The molecule has 92 valence electrons. The van der Waals surface area contributed by atoms with Crippen LogP contribution in [0.15, 0.2) is 29.4 Å². The van der Waals surface area contributed by atoms with Crippen molar-refractivity contribution in [1.82, 2.24) is 3.11 Å². The van der Waals surface area contributed by atoms with E-state index >= 15 is 0 Å². The Hall–Kier alpha value is -1.02. The predicted octanol–water partition coefficient (Wildman–Crippen LogP) is 1.53. The minimum Gasteiger partial charge on any atom is -0.467 e. The lowest BCUT2D eigenvalue weighted by Crippen LogP contribution is -2.39. The number of hydrogen-bond donors (Lipinski definition) is 1. The minimum absolute atomic E-state index is 0.564. The highest BCUT2D eigenvalue weighted by atomic mass is 127. The van der Waals surface area contributed by atoms with E-state index in [-0.39, 0.29) is 0 Å². The molecular weight excluding hydrogens is 331 g/mol. The average molecular weight is 346 g/mol. The Morgan fingerprint density at radius 1 is 1.35 bits per heavy atom. The van der Waals surface area contributed by atoms with Crippen LogP contribution in [-0.2, 0) is 11.3 Å². The molecule has 17 heavy (non-hydrogen) atoms. The Labute approximate surface area is 115 Å². The zero-order valence-corrected chi connectivity index (χ0v) is 11.8. The summed E-state index contributed by atoms with van der Waals surface area (Å²) in [4.78, 5) is 0. The van der Waals surface area contributed by atoms with Crippen molar-refractivity contribution in [3.63, 3.8) is 0 Å². The largest absolute Gasteiger partial charge is 0.467 e. The summed E-state index contributed by atoms with van der Waals surface area (Å²) in [5.74, 6) is 0. The van der Waals surface area contributed by atoms with Crippen molar-refractivity contribution in [1.29, 1.82) is 0 Å². The van der Waals surface area contributed by atoms with Crippen molar-refractivity contribution >= 4 is 34.6 Å². The van der Waals surface area contributed by atoms with Gasteiger partial charge in [0.25, 0.3) is 0 Å². The van der Waals surface area contributed by atoms with Crippen molar-refractivity contribution in [2.45, 2.75) is 6.54 Å². The topological polar surface area (TPSA) is 54.1 Å². The third-order valence-corrected chi connectivity index (χ3v) is 3.47. The van der Waals surface area contributed by atoms with Crippen LogP contribution >= 0.6 is 22.9 Å². The fraction of sp³-hybridized carbons (Fsp3) is 0.364. The first-order valence-electron chi connectivity index (χ1n) is 5.37. The summed E-state index contributed by atoms with van der Waals surface area (Å²) in [6, 6.07) is 8.73. The Morgan fingerprint density at radius 2 is 2.06 bits per heavy atom. The summed E-state index contributed by atoms with van der Waals surface area (Å²) >= 11 is 2.19. The summed E-state index contributed by atoms with van der Waals surface area (Å²) in [6.07, 6.45) is 0. The molecule has 2 N–H and O–H groups in total. The molecular formula is C11H15IN4O. The maximum absolute atomic E-state index is 5.57. The van der Waals surface area contributed by atoms with Crippen molar-refractivity contribution in [2.24, 2.45) is 10.8 Å². The molecule has 0 unspecified atom stereocenters. The first-order valence-corrected chi connectivity index (χ1v) is 6.33. The molecule has 0 aliphatic carbocycles. The number of hydrogen-bond acceptors (Lipinski definition) is 5. The number of nitrogens with zero attached hydrogens (tertiary/aromatic N) is 3. The highest BCUT2D eigenvalue weighted by Crippen LogP contribution is 2.19. The van der Waals surface area contributed by atoms with E-state index in [1.165, 1.54) is 0 Å². The van der Waals surface area contributed by atoms with Crippen LogP contribution in [-0.4, -0.2) is 29.3 Å². The van der Waals surface area contributed by atoms with Gasteiger partial charge in [0.05, 0.1) is 48.8 Å². The molecule has 0 bridgehead atoms. The molecule has 0 saturated carbocycles. The molecule has 0 atom stereocenters. The molecule has 5 nitrogen and oxygen atoms in total. The van der Waals surface area contributed by atoms with E-state index in [1.807, 2.05) is 32.4 Å². The summed E-state index contributed by atoms with van der Waals surface area (Å²) in [5.41, 5.74) is 7.75. The number of nitrogens with two attached hydrogens (primary N) is 1. The van der Waals surface area contributed by atoms with Crippen LogP contribution in [0.4, 0.5) is 5.69 Å². The lowest BCUT2D eigenvalue weighted by Gasteiger charge is -2.29. The standard InChI is InChI=1S/C11H15IN4O/c1-17-11-14-16(7-6-15(11)12)10-4-2-9(8-13)3-5-10/h2-5H,6-8,13H2,1H3. The van der Waals surface area contributed by atoms with Crippen LogP contribution in [0.2, 0.25) is 0 Å². The van der Waals surface area contributed by atoms with E-state index in [1.54, 1.807) is 7.11 Å². The van der Waals surface area contributed by atoms with Gasteiger partial charge in [0.15, 0.2) is 0 Å². The first kappa shape index (κ1) is 12.4. The van der Waals surface area contributed by atoms with Gasteiger partial charge in [-0.3, -0.25) is 8.12 Å². The SMILES string of the molecule is COC1=NN(c2ccc(CN)cc2)CCN1I. The molecule has 2 rings (SSSR count). The summed E-state index contributed by atoms with van der Waals surface area (Å²) < 4.78 is 7.17. The van der Waals surface area contributed by atoms with Gasteiger partial charge in [0.1, 0.15) is 0 Å². The highest BCUT2D eigenvalue weighted by molar-refractivity contribution is 14.1. The zero-order chi connectivity index (χ0) is 12.3. The van der Waals surface area contributed by atoms with Gasteiger partial charge in [-0.2, -0.15) is 0 Å². The molecule has 0 amide bonds. The van der Waals surface area contributed by atoms with Crippen molar-refractivity contribution in [3.05, 3.63) is 29.8 Å². The van der Waals surface area contributed by atoms with Crippen LogP contribution in [0.5, 0.6) is 0 Å². The molecule has 0 radical (unpaired) electrons. The molecule has 1 aromatic rings. The fourth-order valence-electron chi connectivity index (χ4n) is 1.61. The number of hydrazone groups is 1. The predicted molar refractivity (Wildman–Crippen MR) is 76.8 cm³/mol. The Bertz CT molecular complexity index is 406. The molecule has 1 aromatic carbocycles. The monoisotopic (exact) mass is 346 g/mol. The van der Waals surface area contributed by atoms with Crippen molar-refractivity contribution in [3.8, 4) is 0 Å². The van der Waals surface area contributed by atoms with E-state index in [0.29, 0.717) is 12.6 Å². The van der Waals surface area contributed by atoms with Gasteiger partial charge in [-0.15, -0.1) is 5.10 Å². The number of anilines is 1. The quantitative estimate of drug-likeness (QED) is 0.652. The molecule has 1 aliphatic rings. The molecule has 1 heterocycles. The summed E-state index contributed by atoms with van der Waals surface area (Å²) in [7, 11) is 1.63. The molecule has 1 aliphatic heterocycles. The van der Waals surface area contributed by atoms with E-state index in [0.717, 1.165) is 24.3 Å². The second-order valence-corrected chi connectivity index (χ2v) is 4.83. The molecule has 0 fully saturated rings. The second-order valence-electron chi connectivity index (χ2n) is 3.67. The van der Waals surface area contributed by atoms with Gasteiger partial charge in [-0.1, -0.05) is 12.1 Å².